The number of hydrogen-bond acceptors (Lipinski definition) is 2. The fourth-order valence-corrected chi connectivity index (χ4v) is 7.40. The molecule has 0 aromatic carbocycles. The average Bonchev–Trinajstić information content (AvgIpc) is 2.88. The van der Waals surface area contributed by atoms with Crippen LogP contribution in [0.25, 0.3) is 0 Å². The summed E-state index contributed by atoms with van der Waals surface area (Å²) in [6.45, 7) is 4.49. The lowest BCUT2D eigenvalue weighted by Crippen LogP contribution is -2.53. The molecule has 0 bridgehead atoms. The van der Waals surface area contributed by atoms with Crippen molar-refractivity contribution in [3.8, 4) is 0 Å². The van der Waals surface area contributed by atoms with Crippen molar-refractivity contribution in [1.29, 1.82) is 0 Å². The first-order valence-corrected chi connectivity index (χ1v) is 10.0. The van der Waals surface area contributed by atoms with Gasteiger partial charge in [-0.3, -0.25) is 4.79 Å². The van der Waals surface area contributed by atoms with Gasteiger partial charge in [0.15, 0.2) is 5.78 Å². The number of rotatable bonds is 2. The SMILES string of the molecule is CC[C@]1(O)CC[C@@H]2[C@@H]3CCC4=CC(=O)CC[C@@H]4[C@H]3CC[C@]21CC. The molecule has 0 heterocycles. The van der Waals surface area contributed by atoms with E-state index in [0.29, 0.717) is 11.7 Å². The Hall–Kier alpha value is -0.630. The van der Waals surface area contributed by atoms with E-state index in [-0.39, 0.29) is 5.41 Å². The summed E-state index contributed by atoms with van der Waals surface area (Å²) in [4.78, 5) is 11.8. The third-order valence-electron chi connectivity index (χ3n) is 8.52. The molecule has 4 aliphatic rings. The molecule has 1 N–H and O–H groups in total. The van der Waals surface area contributed by atoms with Crippen LogP contribution in [0.15, 0.2) is 11.6 Å². The van der Waals surface area contributed by atoms with E-state index < -0.39 is 5.60 Å². The van der Waals surface area contributed by atoms with E-state index >= 15 is 0 Å². The van der Waals surface area contributed by atoms with Gasteiger partial charge in [-0.25, -0.2) is 0 Å². The summed E-state index contributed by atoms with van der Waals surface area (Å²) in [7, 11) is 0. The summed E-state index contributed by atoms with van der Waals surface area (Å²) >= 11 is 0. The van der Waals surface area contributed by atoms with Crippen molar-refractivity contribution in [2.24, 2.45) is 29.1 Å². The maximum absolute atomic E-state index is 11.8. The molecule has 3 saturated carbocycles. The summed E-state index contributed by atoms with van der Waals surface area (Å²) < 4.78 is 0. The number of carbonyl (C=O) groups excluding carboxylic acids is 1. The third-order valence-corrected chi connectivity index (χ3v) is 8.52. The van der Waals surface area contributed by atoms with E-state index in [1.807, 2.05) is 6.08 Å². The smallest absolute Gasteiger partial charge is 0.155 e. The highest BCUT2D eigenvalue weighted by molar-refractivity contribution is 5.91. The summed E-state index contributed by atoms with van der Waals surface area (Å²) in [5.74, 6) is 3.33. The third kappa shape index (κ3) is 2.06. The van der Waals surface area contributed by atoms with Gasteiger partial charge in [0.25, 0.3) is 0 Å². The number of ketones is 1. The Morgan fingerprint density at radius 3 is 2.61 bits per heavy atom. The van der Waals surface area contributed by atoms with E-state index in [1.54, 1.807) is 0 Å². The lowest BCUT2D eigenvalue weighted by Gasteiger charge is -2.57. The molecule has 0 amide bonds. The van der Waals surface area contributed by atoms with Gasteiger partial charge in [0, 0.05) is 11.8 Å². The highest BCUT2D eigenvalue weighted by Gasteiger charge is 2.62. The van der Waals surface area contributed by atoms with Gasteiger partial charge >= 0.3 is 0 Å². The monoisotopic (exact) mass is 316 g/mol. The minimum atomic E-state index is -0.421. The van der Waals surface area contributed by atoms with E-state index in [1.165, 1.54) is 31.3 Å². The molecule has 6 atom stereocenters. The van der Waals surface area contributed by atoms with Crippen molar-refractivity contribution in [3.05, 3.63) is 11.6 Å². The first-order chi connectivity index (χ1) is 11.0. The van der Waals surface area contributed by atoms with Crippen LogP contribution in [-0.4, -0.2) is 16.5 Å². The van der Waals surface area contributed by atoms with Gasteiger partial charge in [-0.15, -0.1) is 0 Å². The molecular formula is C21H32O2. The Labute approximate surface area is 140 Å². The second-order valence-electron chi connectivity index (χ2n) is 8.78. The number of aliphatic hydroxyl groups is 1. The minimum Gasteiger partial charge on any atom is -0.389 e. The fourth-order valence-electron chi connectivity index (χ4n) is 7.40. The Bertz CT molecular complexity index is 536. The van der Waals surface area contributed by atoms with Crippen LogP contribution >= 0.6 is 0 Å². The predicted octanol–water partition coefficient (Wildman–Crippen LogP) is 4.66. The van der Waals surface area contributed by atoms with Gasteiger partial charge in [0.05, 0.1) is 5.60 Å². The standard InChI is InChI=1S/C21H32O2/c1-3-20-11-9-17-16-8-6-15(22)13-14(16)5-7-18(17)19(20)10-12-21(20,23)4-2/h13,16-19,23H,3-12H2,1-2H3/t16-,17+,18+,19+,20+,21-/m0/s1. The highest BCUT2D eigenvalue weighted by atomic mass is 16.3. The largest absolute Gasteiger partial charge is 0.389 e. The van der Waals surface area contributed by atoms with E-state index in [4.69, 9.17) is 0 Å². The quantitative estimate of drug-likeness (QED) is 0.804. The molecule has 0 saturated heterocycles. The molecule has 4 rings (SSSR count). The van der Waals surface area contributed by atoms with Gasteiger partial charge in [-0.1, -0.05) is 19.4 Å². The van der Waals surface area contributed by atoms with Gasteiger partial charge < -0.3 is 5.11 Å². The van der Waals surface area contributed by atoms with Crippen LogP contribution in [0.5, 0.6) is 0 Å². The summed E-state index contributed by atoms with van der Waals surface area (Å²) in [5, 5.41) is 11.3. The molecule has 128 valence electrons. The molecule has 0 aromatic rings. The van der Waals surface area contributed by atoms with Gasteiger partial charge in [-0.05, 0) is 87.5 Å². The van der Waals surface area contributed by atoms with E-state index in [0.717, 1.165) is 56.3 Å². The number of allylic oxidation sites excluding steroid dienone is 1. The second-order valence-corrected chi connectivity index (χ2v) is 8.78. The van der Waals surface area contributed by atoms with Crippen molar-refractivity contribution in [2.45, 2.75) is 83.7 Å². The summed E-state index contributed by atoms with van der Waals surface area (Å²) in [6.07, 6.45) is 13.0. The first-order valence-electron chi connectivity index (χ1n) is 10.0. The van der Waals surface area contributed by atoms with Crippen LogP contribution in [-0.2, 0) is 4.79 Å². The lowest BCUT2D eigenvalue weighted by molar-refractivity contribution is -0.132. The predicted molar refractivity (Wildman–Crippen MR) is 92.0 cm³/mol. The van der Waals surface area contributed by atoms with E-state index in [2.05, 4.69) is 13.8 Å². The van der Waals surface area contributed by atoms with Crippen LogP contribution in [0.1, 0.15) is 78.1 Å². The van der Waals surface area contributed by atoms with Crippen molar-refractivity contribution in [3.63, 3.8) is 0 Å². The zero-order chi connectivity index (χ0) is 16.2. The Morgan fingerprint density at radius 1 is 1.04 bits per heavy atom. The van der Waals surface area contributed by atoms with Crippen molar-refractivity contribution in [2.75, 3.05) is 0 Å². The number of hydrogen-bond donors (Lipinski definition) is 1. The molecule has 23 heavy (non-hydrogen) atoms. The molecule has 0 unspecified atom stereocenters. The van der Waals surface area contributed by atoms with Crippen LogP contribution in [0.2, 0.25) is 0 Å². The zero-order valence-electron chi connectivity index (χ0n) is 14.8. The summed E-state index contributed by atoms with van der Waals surface area (Å²) in [6, 6.07) is 0. The number of carbonyl (C=O) groups is 1. The Kier molecular flexibility index (Phi) is 3.75. The zero-order valence-corrected chi connectivity index (χ0v) is 14.8. The first kappa shape index (κ1) is 15.9. The summed E-state index contributed by atoms with van der Waals surface area (Å²) in [5.41, 5.74) is 1.22. The van der Waals surface area contributed by atoms with Crippen molar-refractivity contribution < 1.29 is 9.90 Å². The Balaban J connectivity index is 1.65. The lowest BCUT2D eigenvalue weighted by atomic mass is 9.49. The maximum atomic E-state index is 11.8. The van der Waals surface area contributed by atoms with Crippen LogP contribution in [0, 0.1) is 29.1 Å². The van der Waals surface area contributed by atoms with Gasteiger partial charge in [0.2, 0.25) is 0 Å². The fraction of sp³-hybridized carbons (Fsp3) is 0.857. The molecular weight excluding hydrogens is 284 g/mol. The normalized spacial score (nSPS) is 49.2. The number of fused-ring (bicyclic) bond motifs is 5. The topological polar surface area (TPSA) is 37.3 Å². The molecule has 0 aromatic heterocycles. The van der Waals surface area contributed by atoms with Gasteiger partial charge in [-0.2, -0.15) is 0 Å². The van der Waals surface area contributed by atoms with Crippen LogP contribution < -0.4 is 0 Å². The molecule has 0 aliphatic heterocycles. The van der Waals surface area contributed by atoms with Gasteiger partial charge in [0.1, 0.15) is 0 Å². The highest BCUT2D eigenvalue weighted by Crippen LogP contribution is 2.66. The molecule has 0 radical (unpaired) electrons. The maximum Gasteiger partial charge on any atom is 0.155 e. The van der Waals surface area contributed by atoms with Crippen molar-refractivity contribution in [1.82, 2.24) is 0 Å². The van der Waals surface area contributed by atoms with Crippen LogP contribution in [0.4, 0.5) is 0 Å². The molecule has 4 aliphatic carbocycles. The van der Waals surface area contributed by atoms with Crippen molar-refractivity contribution >= 4 is 5.78 Å². The molecule has 2 nitrogen and oxygen atoms in total. The average molecular weight is 316 g/mol. The molecule has 0 spiro atoms. The second kappa shape index (κ2) is 5.44. The minimum absolute atomic E-state index is 0.175. The van der Waals surface area contributed by atoms with E-state index in [9.17, 15) is 9.90 Å². The Morgan fingerprint density at radius 2 is 1.87 bits per heavy atom. The van der Waals surface area contributed by atoms with Crippen LogP contribution in [0.3, 0.4) is 0 Å². The molecule has 3 fully saturated rings. The molecule has 2 heteroatoms.